The summed E-state index contributed by atoms with van der Waals surface area (Å²) in [5, 5.41) is 2.78. The number of halogens is 1. The van der Waals surface area contributed by atoms with Crippen molar-refractivity contribution in [1.29, 1.82) is 0 Å². The highest BCUT2D eigenvalue weighted by Gasteiger charge is 2.08. The molecule has 0 unspecified atom stereocenters. The van der Waals surface area contributed by atoms with E-state index in [-0.39, 0.29) is 18.1 Å². The van der Waals surface area contributed by atoms with E-state index in [4.69, 9.17) is 5.73 Å². The van der Waals surface area contributed by atoms with Gasteiger partial charge in [0.15, 0.2) is 0 Å². The van der Waals surface area contributed by atoms with Gasteiger partial charge in [-0.2, -0.15) is 0 Å². The van der Waals surface area contributed by atoms with Crippen LogP contribution < -0.4 is 11.1 Å². The van der Waals surface area contributed by atoms with Crippen LogP contribution in [0.25, 0.3) is 0 Å². The van der Waals surface area contributed by atoms with Crippen LogP contribution in [-0.2, 0) is 11.2 Å². The molecule has 0 aliphatic carbocycles. The minimum absolute atomic E-state index is 0.174. The summed E-state index contributed by atoms with van der Waals surface area (Å²) in [5.41, 5.74) is 9.95. The van der Waals surface area contributed by atoms with E-state index in [0.717, 1.165) is 16.7 Å². The molecular weight excluding hydrogens is 255 g/mol. The van der Waals surface area contributed by atoms with E-state index in [0.29, 0.717) is 11.4 Å². The molecule has 0 saturated heterocycles. The smallest absolute Gasteiger partial charge is 0.228 e. The minimum Gasteiger partial charge on any atom is -0.397 e. The first-order chi connectivity index (χ1) is 9.45. The van der Waals surface area contributed by atoms with Crippen molar-refractivity contribution in [3.05, 3.63) is 58.9 Å². The molecule has 0 aliphatic rings. The van der Waals surface area contributed by atoms with Gasteiger partial charge in [0, 0.05) is 0 Å². The molecule has 2 aromatic carbocycles. The zero-order valence-corrected chi connectivity index (χ0v) is 11.5. The monoisotopic (exact) mass is 272 g/mol. The standard InChI is InChI=1S/C16H17FN2O/c1-10-7-14(18)15(8-11(10)2)19-16(20)9-12-3-5-13(17)6-4-12/h3-8H,9,18H2,1-2H3,(H,19,20). The molecule has 0 saturated carbocycles. The van der Waals surface area contributed by atoms with Gasteiger partial charge in [0.05, 0.1) is 17.8 Å². The largest absolute Gasteiger partial charge is 0.397 e. The summed E-state index contributed by atoms with van der Waals surface area (Å²) in [4.78, 5) is 12.0. The van der Waals surface area contributed by atoms with Crippen molar-refractivity contribution in [3.63, 3.8) is 0 Å². The maximum atomic E-state index is 12.8. The Morgan fingerprint density at radius 3 is 2.40 bits per heavy atom. The molecule has 3 nitrogen and oxygen atoms in total. The highest BCUT2D eigenvalue weighted by atomic mass is 19.1. The number of rotatable bonds is 3. The zero-order chi connectivity index (χ0) is 14.7. The van der Waals surface area contributed by atoms with Crippen molar-refractivity contribution in [2.75, 3.05) is 11.1 Å². The number of anilines is 2. The fourth-order valence-electron chi connectivity index (χ4n) is 1.93. The van der Waals surface area contributed by atoms with Gasteiger partial charge in [-0.05, 0) is 54.8 Å². The molecule has 4 heteroatoms. The Hall–Kier alpha value is -2.36. The number of hydrogen-bond donors (Lipinski definition) is 2. The molecule has 0 atom stereocenters. The third kappa shape index (κ3) is 3.35. The lowest BCUT2D eigenvalue weighted by Gasteiger charge is -2.11. The predicted octanol–water partition coefficient (Wildman–Crippen LogP) is 3.21. The van der Waals surface area contributed by atoms with Crippen molar-refractivity contribution in [2.45, 2.75) is 20.3 Å². The highest BCUT2D eigenvalue weighted by molar-refractivity contribution is 5.95. The summed E-state index contributed by atoms with van der Waals surface area (Å²) < 4.78 is 12.8. The van der Waals surface area contributed by atoms with E-state index in [2.05, 4.69) is 5.32 Å². The number of nitrogens with two attached hydrogens (primary N) is 1. The Morgan fingerprint density at radius 1 is 1.15 bits per heavy atom. The molecule has 0 spiro atoms. The first-order valence-electron chi connectivity index (χ1n) is 6.36. The third-order valence-electron chi connectivity index (χ3n) is 3.22. The normalized spacial score (nSPS) is 10.3. The minimum atomic E-state index is -0.312. The van der Waals surface area contributed by atoms with Crippen molar-refractivity contribution in [3.8, 4) is 0 Å². The molecule has 20 heavy (non-hydrogen) atoms. The number of carbonyl (C=O) groups excluding carboxylic acids is 1. The lowest BCUT2D eigenvalue weighted by Crippen LogP contribution is -2.15. The number of nitrogens with one attached hydrogen (secondary N) is 1. The second-order valence-electron chi connectivity index (χ2n) is 4.88. The average Bonchev–Trinajstić information content (AvgIpc) is 2.39. The van der Waals surface area contributed by atoms with Crippen molar-refractivity contribution >= 4 is 17.3 Å². The van der Waals surface area contributed by atoms with Gasteiger partial charge in [0.2, 0.25) is 5.91 Å². The fraction of sp³-hybridized carbons (Fsp3) is 0.188. The summed E-state index contributed by atoms with van der Waals surface area (Å²) in [6, 6.07) is 9.56. The Labute approximate surface area is 117 Å². The Kier molecular flexibility index (Phi) is 4.03. The van der Waals surface area contributed by atoms with Gasteiger partial charge in [-0.25, -0.2) is 4.39 Å². The van der Waals surface area contributed by atoms with Crippen molar-refractivity contribution in [1.82, 2.24) is 0 Å². The topological polar surface area (TPSA) is 55.1 Å². The number of hydrogen-bond acceptors (Lipinski definition) is 2. The number of amides is 1. The average molecular weight is 272 g/mol. The Morgan fingerprint density at radius 2 is 1.75 bits per heavy atom. The van der Waals surface area contributed by atoms with Gasteiger partial charge in [0.1, 0.15) is 5.82 Å². The van der Waals surface area contributed by atoms with Crippen molar-refractivity contribution < 1.29 is 9.18 Å². The molecule has 0 radical (unpaired) electrons. The lowest BCUT2D eigenvalue weighted by atomic mass is 10.1. The Balaban J connectivity index is 2.08. The van der Waals surface area contributed by atoms with Gasteiger partial charge in [0.25, 0.3) is 0 Å². The van der Waals surface area contributed by atoms with Gasteiger partial charge in [-0.1, -0.05) is 12.1 Å². The second-order valence-corrected chi connectivity index (χ2v) is 4.88. The van der Waals surface area contributed by atoms with Crippen LogP contribution >= 0.6 is 0 Å². The van der Waals surface area contributed by atoms with Gasteiger partial charge in [-0.15, -0.1) is 0 Å². The molecule has 0 bridgehead atoms. The predicted molar refractivity (Wildman–Crippen MR) is 79.1 cm³/mol. The van der Waals surface area contributed by atoms with Crippen LogP contribution in [0.3, 0.4) is 0 Å². The van der Waals surface area contributed by atoms with Gasteiger partial charge < -0.3 is 11.1 Å². The van der Waals surface area contributed by atoms with Gasteiger partial charge >= 0.3 is 0 Å². The molecule has 1 amide bonds. The van der Waals surface area contributed by atoms with E-state index >= 15 is 0 Å². The SMILES string of the molecule is Cc1cc(N)c(NC(=O)Cc2ccc(F)cc2)cc1C. The molecule has 3 N–H and O–H groups in total. The molecule has 2 aromatic rings. The molecule has 0 aromatic heterocycles. The maximum Gasteiger partial charge on any atom is 0.228 e. The molecule has 0 aliphatic heterocycles. The van der Waals surface area contributed by atoms with Crippen LogP contribution in [0, 0.1) is 19.7 Å². The van der Waals surface area contributed by atoms with Crippen LogP contribution in [0.1, 0.15) is 16.7 Å². The summed E-state index contributed by atoms with van der Waals surface area (Å²) in [5.74, 6) is -0.487. The highest BCUT2D eigenvalue weighted by Crippen LogP contribution is 2.23. The first kappa shape index (κ1) is 14.1. The summed E-state index contributed by atoms with van der Waals surface area (Å²) >= 11 is 0. The summed E-state index contributed by atoms with van der Waals surface area (Å²) in [7, 11) is 0. The number of nitrogen functional groups attached to an aromatic ring is 1. The zero-order valence-electron chi connectivity index (χ0n) is 11.5. The van der Waals surface area contributed by atoms with Crippen LogP contribution in [-0.4, -0.2) is 5.91 Å². The molecule has 0 fully saturated rings. The van der Waals surface area contributed by atoms with Crippen LogP contribution in [0.2, 0.25) is 0 Å². The number of benzene rings is 2. The number of aryl methyl sites for hydroxylation is 2. The van der Waals surface area contributed by atoms with Crippen LogP contribution in [0.15, 0.2) is 36.4 Å². The van der Waals surface area contributed by atoms with Crippen LogP contribution in [0.5, 0.6) is 0 Å². The van der Waals surface area contributed by atoms with E-state index < -0.39 is 0 Å². The summed E-state index contributed by atoms with van der Waals surface area (Å²) in [6.45, 7) is 3.93. The summed E-state index contributed by atoms with van der Waals surface area (Å²) in [6.07, 6.45) is 0.187. The van der Waals surface area contributed by atoms with E-state index in [1.54, 1.807) is 12.1 Å². The van der Waals surface area contributed by atoms with Crippen molar-refractivity contribution in [2.24, 2.45) is 0 Å². The first-order valence-corrected chi connectivity index (χ1v) is 6.36. The number of carbonyl (C=O) groups is 1. The van der Waals surface area contributed by atoms with E-state index in [1.165, 1.54) is 12.1 Å². The van der Waals surface area contributed by atoms with E-state index in [1.807, 2.05) is 26.0 Å². The lowest BCUT2D eigenvalue weighted by molar-refractivity contribution is -0.115. The van der Waals surface area contributed by atoms with Gasteiger partial charge in [-0.3, -0.25) is 4.79 Å². The maximum absolute atomic E-state index is 12.8. The molecular formula is C16H17FN2O. The fourth-order valence-corrected chi connectivity index (χ4v) is 1.93. The molecule has 2 rings (SSSR count). The Bertz CT molecular complexity index is 636. The molecule has 0 heterocycles. The third-order valence-corrected chi connectivity index (χ3v) is 3.22. The molecule has 104 valence electrons. The second kappa shape index (κ2) is 5.74. The van der Waals surface area contributed by atoms with Crippen LogP contribution in [0.4, 0.5) is 15.8 Å². The van der Waals surface area contributed by atoms with E-state index in [9.17, 15) is 9.18 Å². The quantitative estimate of drug-likeness (QED) is 0.843.